The van der Waals surface area contributed by atoms with Crippen molar-refractivity contribution in [1.82, 2.24) is 10.7 Å². The van der Waals surface area contributed by atoms with Crippen molar-refractivity contribution in [3.63, 3.8) is 0 Å². The standard InChI is InChI=1S/C19H20N4O7/c1-28-15-8-13(9-16(29-2)18(15)30-3)19(25)20-11-17(24)22-21-10-12-5-4-6-14(7-12)23(26)27/h4-10H,11H2,1-3H3,(H,20,25)(H,22,24)/b21-10-. The summed E-state index contributed by atoms with van der Waals surface area (Å²) < 4.78 is 15.6. The van der Waals surface area contributed by atoms with E-state index in [0.717, 1.165) is 0 Å². The van der Waals surface area contributed by atoms with Gasteiger partial charge in [0.1, 0.15) is 0 Å². The van der Waals surface area contributed by atoms with E-state index in [1.165, 1.54) is 57.9 Å². The molecule has 0 atom stereocenters. The van der Waals surface area contributed by atoms with Gasteiger partial charge in [-0.2, -0.15) is 5.10 Å². The summed E-state index contributed by atoms with van der Waals surface area (Å²) in [7, 11) is 4.29. The van der Waals surface area contributed by atoms with E-state index in [4.69, 9.17) is 14.2 Å². The number of hydrogen-bond donors (Lipinski definition) is 2. The number of methoxy groups -OCH3 is 3. The SMILES string of the molecule is COc1cc(C(=O)NCC(=O)N/N=C\c2cccc([N+](=O)[O-])c2)cc(OC)c1OC. The quantitative estimate of drug-likeness (QED) is 0.358. The fourth-order valence-corrected chi connectivity index (χ4v) is 2.41. The lowest BCUT2D eigenvalue weighted by atomic mass is 10.1. The lowest BCUT2D eigenvalue weighted by Gasteiger charge is -2.14. The Morgan fingerprint density at radius 3 is 2.33 bits per heavy atom. The van der Waals surface area contributed by atoms with Crippen molar-refractivity contribution >= 4 is 23.7 Å². The number of non-ortho nitro benzene ring substituents is 1. The number of nitrogens with one attached hydrogen (secondary N) is 2. The summed E-state index contributed by atoms with van der Waals surface area (Å²) in [5.74, 6) is -0.185. The van der Waals surface area contributed by atoms with Crippen LogP contribution in [0.2, 0.25) is 0 Å². The number of amides is 2. The fraction of sp³-hybridized carbons (Fsp3) is 0.211. The van der Waals surface area contributed by atoms with Gasteiger partial charge < -0.3 is 19.5 Å². The van der Waals surface area contributed by atoms with E-state index >= 15 is 0 Å². The zero-order valence-electron chi connectivity index (χ0n) is 16.5. The summed E-state index contributed by atoms with van der Waals surface area (Å²) in [5, 5.41) is 16.9. The van der Waals surface area contributed by atoms with E-state index in [1.54, 1.807) is 6.07 Å². The van der Waals surface area contributed by atoms with Gasteiger partial charge >= 0.3 is 0 Å². The molecule has 11 heteroatoms. The summed E-state index contributed by atoms with van der Waals surface area (Å²) in [6, 6.07) is 8.65. The Balaban J connectivity index is 1.95. The molecule has 0 heterocycles. The average molecular weight is 416 g/mol. The molecule has 0 radical (unpaired) electrons. The van der Waals surface area contributed by atoms with Crippen molar-refractivity contribution in [3.05, 3.63) is 57.6 Å². The van der Waals surface area contributed by atoms with E-state index in [1.807, 2.05) is 0 Å². The van der Waals surface area contributed by atoms with E-state index in [0.29, 0.717) is 22.8 Å². The molecule has 0 spiro atoms. The first-order chi connectivity index (χ1) is 14.4. The molecule has 0 aliphatic carbocycles. The second kappa shape index (κ2) is 10.4. The third-order valence-electron chi connectivity index (χ3n) is 3.82. The van der Waals surface area contributed by atoms with Crippen LogP contribution in [-0.2, 0) is 4.79 Å². The number of rotatable bonds is 9. The molecule has 30 heavy (non-hydrogen) atoms. The van der Waals surface area contributed by atoms with Gasteiger partial charge in [-0.3, -0.25) is 19.7 Å². The van der Waals surface area contributed by atoms with Crippen molar-refractivity contribution in [1.29, 1.82) is 0 Å². The summed E-state index contributed by atoms with van der Waals surface area (Å²) in [6.45, 7) is -0.345. The Bertz CT molecular complexity index is 950. The van der Waals surface area contributed by atoms with Gasteiger partial charge in [0.15, 0.2) is 11.5 Å². The van der Waals surface area contributed by atoms with Gasteiger partial charge in [0.2, 0.25) is 5.75 Å². The van der Waals surface area contributed by atoms with E-state index in [9.17, 15) is 19.7 Å². The van der Waals surface area contributed by atoms with Crippen LogP contribution in [0.5, 0.6) is 17.2 Å². The molecular weight excluding hydrogens is 396 g/mol. The zero-order valence-corrected chi connectivity index (χ0v) is 16.5. The maximum atomic E-state index is 12.3. The normalized spacial score (nSPS) is 10.4. The van der Waals surface area contributed by atoms with Gasteiger partial charge in [0, 0.05) is 23.3 Å². The number of carbonyl (C=O) groups excluding carboxylic acids is 2. The minimum Gasteiger partial charge on any atom is -0.493 e. The molecule has 11 nitrogen and oxygen atoms in total. The van der Waals surface area contributed by atoms with Crippen molar-refractivity contribution in [2.75, 3.05) is 27.9 Å². The van der Waals surface area contributed by atoms with Gasteiger partial charge in [-0.15, -0.1) is 0 Å². The molecule has 2 amide bonds. The third kappa shape index (κ3) is 5.67. The number of benzene rings is 2. The Morgan fingerprint density at radius 2 is 1.77 bits per heavy atom. The molecule has 2 N–H and O–H groups in total. The second-order valence-electron chi connectivity index (χ2n) is 5.74. The minimum absolute atomic E-state index is 0.0945. The molecule has 0 aliphatic rings. The summed E-state index contributed by atoms with van der Waals surface area (Å²) in [6.07, 6.45) is 1.26. The van der Waals surface area contributed by atoms with Crippen molar-refractivity contribution in [2.45, 2.75) is 0 Å². The molecular formula is C19H20N4O7. The van der Waals surface area contributed by atoms with Crippen LogP contribution in [0.25, 0.3) is 0 Å². The number of ether oxygens (including phenoxy) is 3. The van der Waals surface area contributed by atoms with Gasteiger partial charge in [-0.25, -0.2) is 5.43 Å². The number of nitrogens with zero attached hydrogens (tertiary/aromatic N) is 2. The van der Waals surface area contributed by atoms with Crippen molar-refractivity contribution < 1.29 is 28.7 Å². The van der Waals surface area contributed by atoms with Gasteiger partial charge in [-0.1, -0.05) is 12.1 Å². The molecule has 0 saturated carbocycles. The molecule has 2 rings (SSSR count). The highest BCUT2D eigenvalue weighted by molar-refractivity contribution is 5.97. The highest BCUT2D eigenvalue weighted by atomic mass is 16.6. The molecule has 0 saturated heterocycles. The largest absolute Gasteiger partial charge is 0.493 e. The van der Waals surface area contributed by atoms with Gasteiger partial charge in [0.25, 0.3) is 17.5 Å². The Labute approximate surface area is 171 Å². The number of carbonyl (C=O) groups is 2. The molecule has 2 aromatic rings. The molecule has 0 unspecified atom stereocenters. The van der Waals surface area contributed by atoms with Crippen LogP contribution in [-0.4, -0.2) is 50.8 Å². The predicted octanol–water partition coefficient (Wildman–Crippen LogP) is 1.50. The molecule has 0 fully saturated rings. The lowest BCUT2D eigenvalue weighted by molar-refractivity contribution is -0.384. The van der Waals surface area contributed by atoms with Crippen LogP contribution >= 0.6 is 0 Å². The van der Waals surface area contributed by atoms with Crippen molar-refractivity contribution in [2.24, 2.45) is 5.10 Å². The first-order valence-corrected chi connectivity index (χ1v) is 8.54. The Morgan fingerprint density at radius 1 is 1.10 bits per heavy atom. The smallest absolute Gasteiger partial charge is 0.270 e. The topological polar surface area (TPSA) is 141 Å². The number of hydrogen-bond acceptors (Lipinski definition) is 8. The van der Waals surface area contributed by atoms with Crippen LogP contribution in [0.1, 0.15) is 15.9 Å². The summed E-state index contributed by atoms with van der Waals surface area (Å²) in [4.78, 5) is 34.4. The maximum absolute atomic E-state index is 12.3. The third-order valence-corrected chi connectivity index (χ3v) is 3.82. The van der Waals surface area contributed by atoms with Crippen LogP contribution in [0.15, 0.2) is 41.5 Å². The number of nitro groups is 1. The highest BCUT2D eigenvalue weighted by Gasteiger charge is 2.17. The highest BCUT2D eigenvalue weighted by Crippen LogP contribution is 2.38. The fourth-order valence-electron chi connectivity index (χ4n) is 2.41. The minimum atomic E-state index is -0.586. The van der Waals surface area contributed by atoms with E-state index in [2.05, 4.69) is 15.8 Å². The maximum Gasteiger partial charge on any atom is 0.270 e. The van der Waals surface area contributed by atoms with Gasteiger partial charge in [-0.05, 0) is 12.1 Å². The zero-order chi connectivity index (χ0) is 22.1. The van der Waals surface area contributed by atoms with Gasteiger partial charge in [0.05, 0.1) is 39.0 Å². The monoisotopic (exact) mass is 416 g/mol. The molecule has 0 aliphatic heterocycles. The average Bonchev–Trinajstić information content (AvgIpc) is 2.76. The lowest BCUT2D eigenvalue weighted by Crippen LogP contribution is -2.34. The summed E-state index contributed by atoms with van der Waals surface area (Å²) >= 11 is 0. The number of hydrazone groups is 1. The van der Waals surface area contributed by atoms with Crippen LogP contribution in [0, 0.1) is 10.1 Å². The van der Waals surface area contributed by atoms with Crippen LogP contribution < -0.4 is 25.0 Å². The molecule has 158 valence electrons. The van der Waals surface area contributed by atoms with E-state index < -0.39 is 16.7 Å². The van der Waals surface area contributed by atoms with E-state index in [-0.39, 0.29) is 17.8 Å². The second-order valence-corrected chi connectivity index (χ2v) is 5.74. The Kier molecular flexibility index (Phi) is 7.68. The molecule has 0 aromatic heterocycles. The van der Waals surface area contributed by atoms with Crippen LogP contribution in [0.3, 0.4) is 0 Å². The molecule has 2 aromatic carbocycles. The molecule has 0 bridgehead atoms. The Hall–Kier alpha value is -4.15. The number of nitro benzene ring substituents is 1. The predicted molar refractivity (Wildman–Crippen MR) is 107 cm³/mol. The van der Waals surface area contributed by atoms with Crippen LogP contribution in [0.4, 0.5) is 5.69 Å². The first-order valence-electron chi connectivity index (χ1n) is 8.54. The first kappa shape index (κ1) is 22.1. The summed E-state index contributed by atoms with van der Waals surface area (Å²) in [5.41, 5.74) is 2.77. The van der Waals surface area contributed by atoms with Crippen molar-refractivity contribution in [3.8, 4) is 17.2 Å².